The van der Waals surface area contributed by atoms with Crippen molar-refractivity contribution in [2.75, 3.05) is 33.9 Å². The Balaban J connectivity index is 2.01. The lowest BCUT2D eigenvalue weighted by Crippen LogP contribution is -2.18. The maximum Gasteiger partial charge on any atom is 0.335 e. The number of carboxylic acid groups (broad SMARTS) is 1. The lowest BCUT2D eigenvalue weighted by molar-refractivity contribution is 0.0696. The van der Waals surface area contributed by atoms with Crippen molar-refractivity contribution in [1.29, 1.82) is 0 Å². The first-order chi connectivity index (χ1) is 9.10. The molecule has 0 bridgehead atoms. The van der Waals surface area contributed by atoms with Gasteiger partial charge in [-0.3, -0.25) is 0 Å². The normalized spacial score (nSPS) is 19.4. The number of hydrogen-bond acceptors (Lipinski definition) is 4. The number of benzene rings is 1. The summed E-state index contributed by atoms with van der Waals surface area (Å²) in [4.78, 5) is 13.2. The molecule has 1 N–H and O–H groups in total. The number of rotatable bonds is 5. The summed E-state index contributed by atoms with van der Waals surface area (Å²) in [6.45, 7) is 2.77. The molecule has 1 heterocycles. The van der Waals surface area contributed by atoms with Crippen LogP contribution >= 0.6 is 0 Å². The lowest BCUT2D eigenvalue weighted by Gasteiger charge is -2.14. The predicted octanol–water partition coefficient (Wildman–Crippen LogP) is 1.72. The second-order valence-electron chi connectivity index (χ2n) is 4.90. The molecule has 2 rings (SSSR count). The van der Waals surface area contributed by atoms with Crippen molar-refractivity contribution in [3.05, 3.63) is 23.8 Å². The molecule has 0 saturated carbocycles. The topological polar surface area (TPSA) is 59.0 Å². The highest BCUT2D eigenvalue weighted by atomic mass is 16.5. The van der Waals surface area contributed by atoms with Crippen LogP contribution in [0.2, 0.25) is 0 Å². The first kappa shape index (κ1) is 13.7. The van der Waals surface area contributed by atoms with Gasteiger partial charge in [0.15, 0.2) is 11.5 Å². The third kappa shape index (κ3) is 3.38. The van der Waals surface area contributed by atoms with Gasteiger partial charge in [-0.15, -0.1) is 0 Å². The van der Waals surface area contributed by atoms with Gasteiger partial charge in [0.1, 0.15) is 0 Å². The third-order valence-electron chi connectivity index (χ3n) is 3.37. The summed E-state index contributed by atoms with van der Waals surface area (Å²) < 4.78 is 10.9. The van der Waals surface area contributed by atoms with E-state index in [1.54, 1.807) is 6.07 Å². The van der Waals surface area contributed by atoms with E-state index in [2.05, 4.69) is 11.9 Å². The monoisotopic (exact) mass is 265 g/mol. The molecule has 1 aromatic rings. The summed E-state index contributed by atoms with van der Waals surface area (Å²) in [6.07, 6.45) is 1.13. The summed E-state index contributed by atoms with van der Waals surface area (Å²) in [5, 5.41) is 8.93. The third-order valence-corrected chi connectivity index (χ3v) is 3.37. The van der Waals surface area contributed by atoms with E-state index in [-0.39, 0.29) is 5.56 Å². The van der Waals surface area contributed by atoms with E-state index < -0.39 is 5.97 Å². The minimum Gasteiger partial charge on any atom is -0.493 e. The maximum atomic E-state index is 10.9. The van der Waals surface area contributed by atoms with Crippen LogP contribution in [0.3, 0.4) is 0 Å². The maximum absolute atomic E-state index is 10.9. The summed E-state index contributed by atoms with van der Waals surface area (Å²) in [7, 11) is 3.61. The van der Waals surface area contributed by atoms with Crippen molar-refractivity contribution in [1.82, 2.24) is 4.90 Å². The number of likely N-dealkylation sites (tertiary alicyclic amines) is 1. The zero-order valence-corrected chi connectivity index (χ0v) is 11.3. The van der Waals surface area contributed by atoms with Crippen molar-refractivity contribution in [3.8, 4) is 11.5 Å². The van der Waals surface area contributed by atoms with Crippen molar-refractivity contribution < 1.29 is 19.4 Å². The van der Waals surface area contributed by atoms with Crippen molar-refractivity contribution in [2.45, 2.75) is 6.42 Å². The average Bonchev–Trinajstić information content (AvgIpc) is 2.81. The van der Waals surface area contributed by atoms with Gasteiger partial charge in [-0.1, -0.05) is 0 Å². The molecule has 1 fully saturated rings. The van der Waals surface area contributed by atoms with Crippen LogP contribution in [0.25, 0.3) is 0 Å². The molecule has 5 nitrogen and oxygen atoms in total. The number of methoxy groups -OCH3 is 1. The quantitative estimate of drug-likeness (QED) is 0.878. The fraction of sp³-hybridized carbons (Fsp3) is 0.500. The number of ether oxygens (including phenoxy) is 2. The highest BCUT2D eigenvalue weighted by Crippen LogP contribution is 2.29. The molecule has 0 radical (unpaired) electrons. The highest BCUT2D eigenvalue weighted by Gasteiger charge is 2.20. The van der Waals surface area contributed by atoms with Crippen LogP contribution in [0.1, 0.15) is 16.8 Å². The Hall–Kier alpha value is -1.75. The molecule has 0 aromatic heterocycles. The van der Waals surface area contributed by atoms with Crippen LogP contribution < -0.4 is 9.47 Å². The van der Waals surface area contributed by atoms with E-state index in [0.29, 0.717) is 24.0 Å². The number of aromatic carboxylic acids is 1. The zero-order valence-electron chi connectivity index (χ0n) is 11.3. The largest absolute Gasteiger partial charge is 0.493 e. The van der Waals surface area contributed by atoms with Gasteiger partial charge in [0, 0.05) is 12.5 Å². The van der Waals surface area contributed by atoms with E-state index in [0.717, 1.165) is 19.5 Å². The van der Waals surface area contributed by atoms with Crippen molar-refractivity contribution >= 4 is 5.97 Å². The Morgan fingerprint density at radius 1 is 1.47 bits per heavy atom. The molecule has 1 aromatic carbocycles. The van der Waals surface area contributed by atoms with Crippen molar-refractivity contribution in [2.24, 2.45) is 5.92 Å². The highest BCUT2D eigenvalue weighted by molar-refractivity contribution is 5.88. The van der Waals surface area contributed by atoms with Gasteiger partial charge in [0.05, 0.1) is 19.3 Å². The number of carboxylic acids is 1. The van der Waals surface area contributed by atoms with E-state index >= 15 is 0 Å². The molecular formula is C14H19NO4. The summed E-state index contributed by atoms with van der Waals surface area (Å²) >= 11 is 0. The molecule has 1 saturated heterocycles. The van der Waals surface area contributed by atoms with E-state index in [9.17, 15) is 4.79 Å². The van der Waals surface area contributed by atoms with Gasteiger partial charge in [-0.05, 0) is 38.2 Å². The minimum atomic E-state index is -0.970. The van der Waals surface area contributed by atoms with Crippen LogP contribution in [0.4, 0.5) is 0 Å². The van der Waals surface area contributed by atoms with Crippen LogP contribution in [-0.4, -0.2) is 49.8 Å². The molecule has 1 aliphatic rings. The Morgan fingerprint density at radius 2 is 2.26 bits per heavy atom. The SMILES string of the molecule is COc1cc(C(=O)O)ccc1OCC1CCN(C)C1. The van der Waals surface area contributed by atoms with Gasteiger partial charge in [0.2, 0.25) is 0 Å². The van der Waals surface area contributed by atoms with Gasteiger partial charge in [-0.25, -0.2) is 4.79 Å². The standard InChI is InChI=1S/C14H19NO4/c1-15-6-5-10(8-15)9-19-12-4-3-11(14(16)17)7-13(12)18-2/h3-4,7,10H,5-6,8-9H2,1-2H3,(H,16,17). The number of nitrogens with zero attached hydrogens (tertiary/aromatic N) is 1. The van der Waals surface area contributed by atoms with Crippen LogP contribution in [-0.2, 0) is 0 Å². The molecule has 5 heteroatoms. The van der Waals surface area contributed by atoms with Gasteiger partial charge >= 0.3 is 5.97 Å². The second-order valence-corrected chi connectivity index (χ2v) is 4.90. The van der Waals surface area contributed by atoms with E-state index in [1.807, 2.05) is 0 Å². The molecule has 1 aliphatic heterocycles. The molecule has 1 atom stereocenters. The molecule has 19 heavy (non-hydrogen) atoms. The van der Waals surface area contributed by atoms with Gasteiger partial charge < -0.3 is 19.5 Å². The Bertz CT molecular complexity index is 461. The number of hydrogen-bond donors (Lipinski definition) is 1. The smallest absolute Gasteiger partial charge is 0.335 e. The van der Waals surface area contributed by atoms with Crippen LogP contribution in [0.5, 0.6) is 11.5 Å². The summed E-state index contributed by atoms with van der Waals surface area (Å²) in [6, 6.07) is 4.67. The predicted molar refractivity (Wildman–Crippen MR) is 71.1 cm³/mol. The van der Waals surface area contributed by atoms with E-state index in [1.165, 1.54) is 19.2 Å². The fourth-order valence-corrected chi connectivity index (χ4v) is 2.29. The zero-order chi connectivity index (χ0) is 13.8. The molecule has 0 spiro atoms. The van der Waals surface area contributed by atoms with Crippen LogP contribution in [0, 0.1) is 5.92 Å². The van der Waals surface area contributed by atoms with Gasteiger partial charge in [-0.2, -0.15) is 0 Å². The fourth-order valence-electron chi connectivity index (χ4n) is 2.29. The molecule has 0 amide bonds. The first-order valence-corrected chi connectivity index (χ1v) is 6.33. The lowest BCUT2D eigenvalue weighted by atomic mass is 10.1. The number of carbonyl (C=O) groups is 1. The summed E-state index contributed by atoms with van der Waals surface area (Å²) in [5.41, 5.74) is 0.199. The Morgan fingerprint density at radius 3 is 2.84 bits per heavy atom. The molecule has 0 aliphatic carbocycles. The minimum absolute atomic E-state index is 0.199. The van der Waals surface area contributed by atoms with Crippen LogP contribution in [0.15, 0.2) is 18.2 Å². The van der Waals surface area contributed by atoms with E-state index in [4.69, 9.17) is 14.6 Å². The average molecular weight is 265 g/mol. The Labute approximate surface area is 112 Å². The first-order valence-electron chi connectivity index (χ1n) is 6.33. The molecule has 1 unspecified atom stereocenters. The molecule has 104 valence electrons. The van der Waals surface area contributed by atoms with Crippen molar-refractivity contribution in [3.63, 3.8) is 0 Å². The summed E-state index contributed by atoms with van der Waals surface area (Å²) in [5.74, 6) is 0.615. The Kier molecular flexibility index (Phi) is 4.27. The van der Waals surface area contributed by atoms with Gasteiger partial charge in [0.25, 0.3) is 0 Å². The molecular weight excluding hydrogens is 246 g/mol. The second kappa shape index (κ2) is 5.93.